The molecule has 1 atom stereocenters. The van der Waals surface area contributed by atoms with E-state index in [1.165, 1.54) is 19.1 Å². The summed E-state index contributed by atoms with van der Waals surface area (Å²) in [5.74, 6) is -0.470. The summed E-state index contributed by atoms with van der Waals surface area (Å²) in [4.78, 5) is 23.6. The van der Waals surface area contributed by atoms with Crippen LogP contribution < -0.4 is 5.32 Å². The molecule has 0 bridgehead atoms. The van der Waals surface area contributed by atoms with Crippen LogP contribution in [0.1, 0.15) is 41.0 Å². The molecule has 23 heavy (non-hydrogen) atoms. The van der Waals surface area contributed by atoms with Crippen molar-refractivity contribution < 1.29 is 14.0 Å². The molecular weight excluding hydrogens is 293 g/mol. The van der Waals surface area contributed by atoms with E-state index in [0.717, 1.165) is 5.57 Å². The molecule has 0 heterocycles. The van der Waals surface area contributed by atoms with Gasteiger partial charge in [-0.3, -0.25) is 9.59 Å². The molecule has 0 radical (unpaired) electrons. The Kier molecular flexibility index (Phi) is 6.89. The maximum absolute atomic E-state index is 13.7. The molecular formula is C19H24FNO2. The third-order valence-electron chi connectivity index (χ3n) is 3.60. The van der Waals surface area contributed by atoms with Crippen molar-refractivity contribution in [2.75, 3.05) is 0 Å². The van der Waals surface area contributed by atoms with Gasteiger partial charge < -0.3 is 5.32 Å². The molecule has 0 aromatic heterocycles. The summed E-state index contributed by atoms with van der Waals surface area (Å²) in [6, 6.07) is -0.352. The monoisotopic (exact) mass is 317 g/mol. The first-order valence-electron chi connectivity index (χ1n) is 7.68. The van der Waals surface area contributed by atoms with Crippen molar-refractivity contribution in [3.8, 4) is 0 Å². The largest absolute Gasteiger partial charge is 0.378 e. The first-order chi connectivity index (χ1) is 10.7. The van der Waals surface area contributed by atoms with Crippen molar-refractivity contribution >= 4 is 11.6 Å². The molecule has 0 amide bonds. The van der Waals surface area contributed by atoms with Gasteiger partial charge >= 0.3 is 0 Å². The summed E-state index contributed by atoms with van der Waals surface area (Å²) < 4.78 is 13.7. The Morgan fingerprint density at radius 1 is 1.30 bits per heavy atom. The van der Waals surface area contributed by atoms with E-state index in [9.17, 15) is 14.0 Å². The van der Waals surface area contributed by atoms with Gasteiger partial charge in [0.15, 0.2) is 11.6 Å². The Bertz CT molecular complexity index is 648. The fraction of sp³-hybridized carbons (Fsp3) is 0.368. The second-order valence-electron chi connectivity index (χ2n) is 5.67. The first kappa shape index (κ1) is 18.8. The standard InChI is InChI=1S/C19H24FNO2/c1-6-19(23)18(10-13(3)15(5)22)14(4)21-17-8-7-12(2)9-16(20)11-17/h7-11,17,21H,6H2,1-5H3/b13-10-,18-14-. The van der Waals surface area contributed by atoms with Crippen LogP contribution in [0.2, 0.25) is 0 Å². The third kappa shape index (κ3) is 5.81. The van der Waals surface area contributed by atoms with E-state index >= 15 is 0 Å². The van der Waals surface area contributed by atoms with Gasteiger partial charge in [0.1, 0.15) is 5.83 Å². The number of Topliss-reactive ketones (excluding diaryl/α,β-unsaturated/α-hetero) is 2. The van der Waals surface area contributed by atoms with Crippen molar-refractivity contribution in [1.29, 1.82) is 0 Å². The zero-order chi connectivity index (χ0) is 17.6. The summed E-state index contributed by atoms with van der Waals surface area (Å²) in [6.07, 6.45) is 8.49. The van der Waals surface area contributed by atoms with Crippen LogP contribution in [-0.4, -0.2) is 17.6 Å². The molecule has 1 N–H and O–H groups in total. The van der Waals surface area contributed by atoms with Crippen LogP contribution in [0.25, 0.3) is 0 Å². The quantitative estimate of drug-likeness (QED) is 0.592. The highest BCUT2D eigenvalue weighted by Crippen LogP contribution is 2.16. The van der Waals surface area contributed by atoms with Gasteiger partial charge in [-0.15, -0.1) is 0 Å². The maximum atomic E-state index is 13.7. The molecule has 1 aliphatic rings. The van der Waals surface area contributed by atoms with E-state index in [4.69, 9.17) is 0 Å². The van der Waals surface area contributed by atoms with E-state index < -0.39 is 0 Å². The fourth-order valence-corrected chi connectivity index (χ4v) is 2.12. The molecule has 0 spiro atoms. The number of allylic oxidation sites excluding steroid dienone is 8. The molecule has 0 saturated heterocycles. The average Bonchev–Trinajstić information content (AvgIpc) is 2.63. The summed E-state index contributed by atoms with van der Waals surface area (Å²) in [5, 5.41) is 3.14. The smallest absolute Gasteiger partial charge is 0.164 e. The molecule has 0 saturated carbocycles. The molecule has 0 aromatic rings. The van der Waals surface area contributed by atoms with Gasteiger partial charge in [0, 0.05) is 17.7 Å². The molecule has 4 heteroatoms. The van der Waals surface area contributed by atoms with Crippen LogP contribution in [0.15, 0.2) is 58.6 Å². The second kappa shape index (κ2) is 8.42. The summed E-state index contributed by atoms with van der Waals surface area (Å²) in [7, 11) is 0. The normalized spacial score (nSPS) is 19.4. The topological polar surface area (TPSA) is 46.2 Å². The Morgan fingerprint density at radius 3 is 2.52 bits per heavy atom. The van der Waals surface area contributed by atoms with Crippen LogP contribution in [0.3, 0.4) is 0 Å². The SMILES string of the molecule is CCC(=O)C(/C=C(/C)C(C)=O)=C(/C)NC1C=CC(C)=CC(F)=C1. The Labute approximate surface area is 137 Å². The van der Waals surface area contributed by atoms with Gasteiger partial charge in [0.05, 0.1) is 6.04 Å². The van der Waals surface area contributed by atoms with Gasteiger partial charge in [0.2, 0.25) is 0 Å². The van der Waals surface area contributed by atoms with Crippen molar-refractivity contribution in [3.63, 3.8) is 0 Å². The highest BCUT2D eigenvalue weighted by Gasteiger charge is 2.13. The number of rotatable bonds is 6. The number of nitrogens with one attached hydrogen (secondary N) is 1. The molecule has 1 unspecified atom stereocenters. The number of ketones is 2. The van der Waals surface area contributed by atoms with Crippen LogP contribution in [0, 0.1) is 0 Å². The van der Waals surface area contributed by atoms with Gasteiger partial charge in [0.25, 0.3) is 0 Å². The van der Waals surface area contributed by atoms with Crippen molar-refractivity contribution in [2.45, 2.75) is 47.1 Å². The number of halogens is 1. The molecule has 0 aromatic carbocycles. The fourth-order valence-electron chi connectivity index (χ4n) is 2.12. The molecule has 124 valence electrons. The molecule has 3 nitrogen and oxygen atoms in total. The lowest BCUT2D eigenvalue weighted by Crippen LogP contribution is -2.25. The molecule has 1 aliphatic carbocycles. The lowest BCUT2D eigenvalue weighted by atomic mass is 10.0. The van der Waals surface area contributed by atoms with Crippen molar-refractivity contribution in [3.05, 3.63) is 58.6 Å². The highest BCUT2D eigenvalue weighted by molar-refractivity contribution is 6.01. The second-order valence-corrected chi connectivity index (χ2v) is 5.67. The highest BCUT2D eigenvalue weighted by atomic mass is 19.1. The predicted molar refractivity (Wildman–Crippen MR) is 91.4 cm³/mol. The average molecular weight is 317 g/mol. The van der Waals surface area contributed by atoms with E-state index in [2.05, 4.69) is 5.32 Å². The van der Waals surface area contributed by atoms with E-state index in [0.29, 0.717) is 23.3 Å². The number of carbonyl (C=O) groups excluding carboxylic acids is 2. The van der Waals surface area contributed by atoms with E-state index in [-0.39, 0.29) is 23.4 Å². The van der Waals surface area contributed by atoms with Gasteiger partial charge in [-0.25, -0.2) is 4.39 Å². The number of hydrogen-bond acceptors (Lipinski definition) is 3. The van der Waals surface area contributed by atoms with Gasteiger partial charge in [-0.05, 0) is 57.1 Å². The van der Waals surface area contributed by atoms with Crippen LogP contribution in [0.5, 0.6) is 0 Å². The lowest BCUT2D eigenvalue weighted by Gasteiger charge is -2.15. The Hall–Kier alpha value is -2.23. The van der Waals surface area contributed by atoms with E-state index in [1.807, 2.05) is 19.1 Å². The van der Waals surface area contributed by atoms with Crippen LogP contribution in [-0.2, 0) is 9.59 Å². The minimum atomic E-state index is -0.352. The number of hydrogen-bond donors (Lipinski definition) is 1. The molecule has 0 fully saturated rings. The Morgan fingerprint density at radius 2 is 1.96 bits per heavy atom. The Balaban J connectivity index is 3.15. The van der Waals surface area contributed by atoms with Crippen LogP contribution in [0.4, 0.5) is 4.39 Å². The van der Waals surface area contributed by atoms with Gasteiger partial charge in [-0.1, -0.05) is 19.1 Å². The zero-order valence-corrected chi connectivity index (χ0v) is 14.4. The third-order valence-corrected chi connectivity index (χ3v) is 3.60. The van der Waals surface area contributed by atoms with Gasteiger partial charge in [-0.2, -0.15) is 0 Å². The summed E-state index contributed by atoms with van der Waals surface area (Å²) >= 11 is 0. The van der Waals surface area contributed by atoms with E-state index in [1.54, 1.807) is 26.8 Å². The molecule has 0 aliphatic heterocycles. The minimum absolute atomic E-state index is 0.0630. The van der Waals surface area contributed by atoms with Crippen LogP contribution >= 0.6 is 0 Å². The van der Waals surface area contributed by atoms with Crippen molar-refractivity contribution in [2.24, 2.45) is 0 Å². The zero-order valence-electron chi connectivity index (χ0n) is 14.4. The molecule has 1 rings (SSSR count). The summed E-state index contributed by atoms with van der Waals surface area (Å²) in [6.45, 7) is 8.49. The predicted octanol–water partition coefficient (Wildman–Crippen LogP) is 4.10. The maximum Gasteiger partial charge on any atom is 0.164 e. The summed E-state index contributed by atoms with van der Waals surface area (Å²) in [5.41, 5.74) is 2.41. The lowest BCUT2D eigenvalue weighted by molar-refractivity contribution is -0.115. The van der Waals surface area contributed by atoms with Crippen molar-refractivity contribution in [1.82, 2.24) is 5.32 Å². The first-order valence-corrected chi connectivity index (χ1v) is 7.68. The minimum Gasteiger partial charge on any atom is -0.378 e. The number of carbonyl (C=O) groups is 2.